The predicted molar refractivity (Wildman–Crippen MR) is 123 cm³/mol. The lowest BCUT2D eigenvalue weighted by molar-refractivity contribution is -0.118. The summed E-state index contributed by atoms with van der Waals surface area (Å²) < 4.78 is 6.80. The number of aromatic nitrogens is 2. The smallest absolute Gasteiger partial charge is 0.276 e. The molecule has 2 N–H and O–H groups in total. The molecule has 0 unspecified atom stereocenters. The van der Waals surface area contributed by atoms with Crippen molar-refractivity contribution in [3.63, 3.8) is 0 Å². The van der Waals surface area contributed by atoms with Crippen LogP contribution in [0.25, 0.3) is 0 Å². The highest BCUT2D eigenvalue weighted by molar-refractivity contribution is 6.03. The standard InChI is InChI=1S/C24H26N4O4/c1-16(2)23(30)25-18-10-9-17(3)21(15-18)26-24(31)20-11-12-22(29)28(27-20)13-14-32-19-7-5-4-6-8-19/h4-12,15-16H,13-14H2,1-3H3,(H,25,30)(H,26,31). The van der Waals surface area contributed by atoms with E-state index in [0.717, 1.165) is 5.56 Å². The van der Waals surface area contributed by atoms with E-state index in [4.69, 9.17) is 4.74 Å². The number of benzene rings is 2. The molecule has 0 bridgehead atoms. The van der Waals surface area contributed by atoms with E-state index in [2.05, 4.69) is 15.7 Å². The monoisotopic (exact) mass is 434 g/mol. The largest absolute Gasteiger partial charge is 0.492 e. The van der Waals surface area contributed by atoms with Gasteiger partial charge in [0.2, 0.25) is 5.91 Å². The fourth-order valence-corrected chi connectivity index (χ4v) is 2.80. The van der Waals surface area contributed by atoms with E-state index >= 15 is 0 Å². The van der Waals surface area contributed by atoms with Gasteiger partial charge in [0.25, 0.3) is 11.5 Å². The predicted octanol–water partition coefficient (Wildman–Crippen LogP) is 3.48. The second kappa shape index (κ2) is 10.4. The highest BCUT2D eigenvalue weighted by Crippen LogP contribution is 2.21. The van der Waals surface area contributed by atoms with Gasteiger partial charge in [0.15, 0.2) is 0 Å². The minimum absolute atomic E-state index is 0.0975. The molecule has 2 aromatic carbocycles. The van der Waals surface area contributed by atoms with Crippen LogP contribution in [0.4, 0.5) is 11.4 Å². The molecule has 0 aliphatic carbocycles. The number of nitrogens with one attached hydrogen (secondary N) is 2. The Labute approximate surface area is 186 Å². The molecule has 0 saturated carbocycles. The van der Waals surface area contributed by atoms with Crippen LogP contribution in [0.3, 0.4) is 0 Å². The van der Waals surface area contributed by atoms with Crippen molar-refractivity contribution in [3.8, 4) is 5.75 Å². The first-order valence-corrected chi connectivity index (χ1v) is 10.3. The van der Waals surface area contributed by atoms with E-state index < -0.39 is 5.91 Å². The maximum atomic E-state index is 12.8. The minimum Gasteiger partial charge on any atom is -0.492 e. The van der Waals surface area contributed by atoms with Gasteiger partial charge in [-0.15, -0.1) is 0 Å². The molecular formula is C24H26N4O4. The number of ether oxygens (including phenoxy) is 1. The second-order valence-electron chi connectivity index (χ2n) is 7.57. The number of carbonyl (C=O) groups is 2. The first-order valence-electron chi connectivity index (χ1n) is 10.3. The Hall–Kier alpha value is -3.94. The molecule has 0 radical (unpaired) electrons. The number of rotatable bonds is 8. The molecule has 0 fully saturated rings. The van der Waals surface area contributed by atoms with Gasteiger partial charge in [-0.05, 0) is 42.8 Å². The summed E-state index contributed by atoms with van der Waals surface area (Å²) in [5.41, 5.74) is 1.72. The maximum absolute atomic E-state index is 12.8. The average molecular weight is 434 g/mol. The molecule has 0 aliphatic rings. The Morgan fingerprint density at radius 1 is 1.03 bits per heavy atom. The topological polar surface area (TPSA) is 102 Å². The number of aryl methyl sites for hydroxylation is 1. The second-order valence-corrected chi connectivity index (χ2v) is 7.57. The van der Waals surface area contributed by atoms with Gasteiger partial charge < -0.3 is 15.4 Å². The average Bonchev–Trinajstić information content (AvgIpc) is 2.78. The molecule has 166 valence electrons. The Balaban J connectivity index is 1.69. The van der Waals surface area contributed by atoms with Gasteiger partial charge in [0.05, 0.1) is 6.54 Å². The normalized spacial score (nSPS) is 10.6. The molecule has 0 atom stereocenters. The van der Waals surface area contributed by atoms with E-state index in [0.29, 0.717) is 17.1 Å². The maximum Gasteiger partial charge on any atom is 0.276 e. The van der Waals surface area contributed by atoms with E-state index in [-0.39, 0.29) is 36.2 Å². The molecule has 1 heterocycles. The minimum atomic E-state index is -0.460. The molecule has 8 nitrogen and oxygen atoms in total. The Kier molecular flexibility index (Phi) is 7.38. The number of hydrogen-bond donors (Lipinski definition) is 2. The number of amides is 2. The third-order valence-electron chi connectivity index (χ3n) is 4.69. The van der Waals surface area contributed by atoms with Crippen molar-refractivity contribution in [1.29, 1.82) is 0 Å². The molecule has 0 spiro atoms. The molecule has 8 heteroatoms. The van der Waals surface area contributed by atoms with Gasteiger partial charge in [-0.25, -0.2) is 4.68 Å². The lowest BCUT2D eigenvalue weighted by atomic mass is 10.1. The summed E-state index contributed by atoms with van der Waals surface area (Å²) >= 11 is 0. The van der Waals surface area contributed by atoms with Crippen LogP contribution >= 0.6 is 0 Å². The van der Waals surface area contributed by atoms with Crippen LogP contribution in [0.1, 0.15) is 29.9 Å². The van der Waals surface area contributed by atoms with E-state index in [1.54, 1.807) is 32.0 Å². The van der Waals surface area contributed by atoms with Gasteiger partial charge in [-0.1, -0.05) is 38.1 Å². The molecule has 2 amide bonds. The summed E-state index contributed by atoms with van der Waals surface area (Å²) in [5.74, 6) is -0.0458. The van der Waals surface area contributed by atoms with Crippen molar-refractivity contribution in [2.45, 2.75) is 27.3 Å². The number of nitrogens with zero attached hydrogens (tertiary/aromatic N) is 2. The first kappa shape index (κ1) is 22.7. The van der Waals surface area contributed by atoms with Crippen LogP contribution in [0.2, 0.25) is 0 Å². The van der Waals surface area contributed by atoms with Crippen molar-refractivity contribution in [2.75, 3.05) is 17.2 Å². The summed E-state index contributed by atoms with van der Waals surface area (Å²) in [7, 11) is 0. The SMILES string of the molecule is Cc1ccc(NC(=O)C(C)C)cc1NC(=O)c1ccc(=O)n(CCOc2ccccc2)n1. The molecule has 3 rings (SSSR count). The summed E-state index contributed by atoms with van der Waals surface area (Å²) in [6.07, 6.45) is 0. The highest BCUT2D eigenvalue weighted by Gasteiger charge is 2.13. The van der Waals surface area contributed by atoms with Crippen LogP contribution in [-0.4, -0.2) is 28.2 Å². The third-order valence-corrected chi connectivity index (χ3v) is 4.69. The Morgan fingerprint density at radius 3 is 2.50 bits per heavy atom. The van der Waals surface area contributed by atoms with Crippen LogP contribution in [0.5, 0.6) is 5.75 Å². The van der Waals surface area contributed by atoms with Gasteiger partial charge in [-0.2, -0.15) is 5.10 Å². The molecule has 0 saturated heterocycles. The van der Waals surface area contributed by atoms with Gasteiger partial charge >= 0.3 is 0 Å². The molecule has 3 aromatic rings. The van der Waals surface area contributed by atoms with E-state index in [9.17, 15) is 14.4 Å². The quantitative estimate of drug-likeness (QED) is 0.565. The first-order chi connectivity index (χ1) is 15.3. The summed E-state index contributed by atoms with van der Waals surface area (Å²) in [6.45, 7) is 5.89. The van der Waals surface area contributed by atoms with Crippen LogP contribution in [0, 0.1) is 12.8 Å². The van der Waals surface area contributed by atoms with Crippen LogP contribution in [0.15, 0.2) is 65.5 Å². The lowest BCUT2D eigenvalue weighted by Crippen LogP contribution is -2.28. The van der Waals surface area contributed by atoms with Crippen LogP contribution in [-0.2, 0) is 11.3 Å². The zero-order valence-corrected chi connectivity index (χ0v) is 18.3. The molecule has 32 heavy (non-hydrogen) atoms. The van der Waals surface area contributed by atoms with Gasteiger partial charge in [0.1, 0.15) is 18.1 Å². The third kappa shape index (κ3) is 6.04. The van der Waals surface area contributed by atoms with Crippen molar-refractivity contribution < 1.29 is 14.3 Å². The number of anilines is 2. The van der Waals surface area contributed by atoms with E-state index in [1.165, 1.54) is 16.8 Å². The van der Waals surface area contributed by atoms with Gasteiger partial charge in [0, 0.05) is 23.4 Å². The highest BCUT2D eigenvalue weighted by atomic mass is 16.5. The fourth-order valence-electron chi connectivity index (χ4n) is 2.80. The van der Waals surface area contributed by atoms with Crippen molar-refractivity contribution in [3.05, 3.63) is 82.3 Å². The lowest BCUT2D eigenvalue weighted by Gasteiger charge is -2.13. The van der Waals surface area contributed by atoms with E-state index in [1.807, 2.05) is 37.3 Å². The molecule has 1 aromatic heterocycles. The number of hydrogen-bond acceptors (Lipinski definition) is 5. The summed E-state index contributed by atoms with van der Waals surface area (Å²) in [5, 5.41) is 9.77. The number of para-hydroxylation sites is 1. The molecule has 0 aliphatic heterocycles. The Morgan fingerprint density at radius 2 is 1.78 bits per heavy atom. The summed E-state index contributed by atoms with van der Waals surface area (Å²) in [4.78, 5) is 36.8. The van der Waals surface area contributed by atoms with Crippen molar-refractivity contribution >= 4 is 23.2 Å². The van der Waals surface area contributed by atoms with Crippen LogP contribution < -0.4 is 20.9 Å². The zero-order chi connectivity index (χ0) is 23.1. The van der Waals surface area contributed by atoms with Crippen molar-refractivity contribution in [2.24, 2.45) is 5.92 Å². The van der Waals surface area contributed by atoms with Gasteiger partial charge in [-0.3, -0.25) is 14.4 Å². The summed E-state index contributed by atoms with van der Waals surface area (Å²) in [6, 6.07) is 17.2. The number of carbonyl (C=O) groups excluding carboxylic acids is 2. The van der Waals surface area contributed by atoms with Crippen molar-refractivity contribution in [1.82, 2.24) is 9.78 Å². The zero-order valence-electron chi connectivity index (χ0n) is 18.3. The fraction of sp³-hybridized carbons (Fsp3) is 0.250. The molecular weight excluding hydrogens is 408 g/mol. The Bertz CT molecular complexity index is 1160.